The molecule has 8 nitrogen and oxygen atoms in total. The third-order valence-corrected chi connectivity index (χ3v) is 2.39. The Kier molecular flexibility index (Phi) is 3.62. The van der Waals surface area contributed by atoms with Crippen molar-refractivity contribution in [3.63, 3.8) is 0 Å². The molecule has 0 aliphatic rings. The van der Waals surface area contributed by atoms with Gasteiger partial charge >= 0.3 is 0 Å². The number of phenols is 1. The summed E-state index contributed by atoms with van der Waals surface area (Å²) in [6.07, 6.45) is 1.41. The number of aromatic hydroxyl groups is 1. The maximum Gasteiger partial charge on any atom is 0.224 e. The normalized spacial score (nSPS) is 12.2. The van der Waals surface area contributed by atoms with Gasteiger partial charge in [-0.1, -0.05) is 11.6 Å². The monoisotopic (exact) mass is 281 g/mol. The van der Waals surface area contributed by atoms with Gasteiger partial charge in [0.1, 0.15) is 5.75 Å². The number of nitrogens with two attached hydrogens (primary N) is 2. The van der Waals surface area contributed by atoms with E-state index in [1.165, 1.54) is 12.3 Å². The van der Waals surface area contributed by atoms with E-state index >= 15 is 0 Å². The summed E-state index contributed by atoms with van der Waals surface area (Å²) in [7, 11) is 0. The Morgan fingerprint density at radius 1 is 1.47 bits per heavy atom. The largest absolute Gasteiger partial charge is 0.507 e. The van der Waals surface area contributed by atoms with Gasteiger partial charge in [-0.3, -0.25) is 0 Å². The molecule has 0 spiro atoms. The number of nitrogens with zero attached hydrogens (tertiary/aromatic N) is 3. The van der Waals surface area contributed by atoms with Crippen LogP contribution in [0, 0.1) is 0 Å². The predicted octanol–water partition coefficient (Wildman–Crippen LogP) is -1.17. The number of aromatic nitrogens is 2. The molecule has 0 saturated heterocycles. The second-order valence-corrected chi connectivity index (χ2v) is 3.91. The van der Waals surface area contributed by atoms with Crippen LogP contribution in [0.4, 0.5) is 5.82 Å². The number of rotatable bonds is 3. The summed E-state index contributed by atoms with van der Waals surface area (Å²) in [6.45, 7) is 0. The van der Waals surface area contributed by atoms with E-state index < -0.39 is 0 Å². The van der Waals surface area contributed by atoms with Gasteiger partial charge in [0, 0.05) is 10.1 Å². The molecule has 1 heterocycles. The van der Waals surface area contributed by atoms with Crippen LogP contribution in [0.3, 0.4) is 0 Å². The summed E-state index contributed by atoms with van der Waals surface area (Å²) in [5, 5.41) is 23.2. The van der Waals surface area contributed by atoms with Gasteiger partial charge in [-0.15, -0.1) is 5.10 Å². The standard InChI is InChI=1S/C10H9ClN6O2/c11-6-1-2-7(18)5(3-6)4-14-15-9(12)8-10(13)17-19-16-8/h1-4,18H,(H2,12,15)(H2,13,17)/p+1/b14-4+. The molecule has 0 bridgehead atoms. The second kappa shape index (κ2) is 5.36. The lowest BCUT2D eigenvalue weighted by molar-refractivity contribution is -0.456. The van der Waals surface area contributed by atoms with Gasteiger partial charge in [0.15, 0.2) is 11.5 Å². The number of nitrogens with one attached hydrogen (secondary N) is 1. The van der Waals surface area contributed by atoms with Crippen LogP contribution < -0.4 is 16.6 Å². The smallest absolute Gasteiger partial charge is 0.224 e. The Bertz CT molecular complexity index is 651. The summed E-state index contributed by atoms with van der Waals surface area (Å²) in [4.78, 5) is 0. The van der Waals surface area contributed by atoms with Gasteiger partial charge in [-0.05, 0) is 28.5 Å². The molecule has 0 saturated carbocycles. The minimum absolute atomic E-state index is 0.00322. The van der Waals surface area contributed by atoms with Crippen molar-refractivity contribution >= 4 is 29.5 Å². The van der Waals surface area contributed by atoms with Gasteiger partial charge < -0.3 is 16.6 Å². The molecule has 9 heteroatoms. The quantitative estimate of drug-likeness (QED) is 0.318. The molecule has 2 rings (SSSR count). The number of nitrogen functional groups attached to an aromatic ring is 1. The lowest BCUT2D eigenvalue weighted by Crippen LogP contribution is -2.63. The third kappa shape index (κ3) is 2.99. The molecule has 0 aliphatic heterocycles. The Labute approximate surface area is 112 Å². The Balaban J connectivity index is 2.20. The lowest BCUT2D eigenvalue weighted by Gasteiger charge is -1.95. The first kappa shape index (κ1) is 12.8. The molecule has 2 aromatic rings. The van der Waals surface area contributed by atoms with E-state index in [2.05, 4.69) is 25.1 Å². The molecule has 0 amide bonds. The fourth-order valence-corrected chi connectivity index (χ4v) is 1.42. The molecule has 0 radical (unpaired) electrons. The van der Waals surface area contributed by atoms with Crippen LogP contribution in [0.25, 0.3) is 0 Å². The first-order chi connectivity index (χ1) is 9.08. The average molecular weight is 282 g/mol. The molecule has 0 unspecified atom stereocenters. The van der Waals surface area contributed by atoms with Crippen LogP contribution in [0.15, 0.2) is 27.9 Å². The number of hydrazone groups is 1. The third-order valence-electron chi connectivity index (χ3n) is 2.15. The number of anilines is 1. The molecule has 0 aliphatic carbocycles. The summed E-state index contributed by atoms with van der Waals surface area (Å²) in [5.41, 5.74) is 11.6. The zero-order valence-electron chi connectivity index (χ0n) is 9.54. The van der Waals surface area contributed by atoms with Crippen LogP contribution in [-0.2, 0) is 0 Å². The minimum Gasteiger partial charge on any atom is -0.507 e. The molecular weight excluding hydrogens is 272 g/mol. The Hall–Kier alpha value is -2.61. The van der Waals surface area contributed by atoms with E-state index in [1.54, 1.807) is 12.1 Å². The predicted molar refractivity (Wildman–Crippen MR) is 68.7 cm³/mol. The zero-order valence-corrected chi connectivity index (χ0v) is 10.3. The number of hydrogen-bond acceptors (Lipinski definition) is 6. The Morgan fingerprint density at radius 3 is 2.95 bits per heavy atom. The fraction of sp³-hybridized carbons (Fsp3) is 0. The van der Waals surface area contributed by atoms with E-state index in [1.807, 2.05) is 0 Å². The summed E-state index contributed by atoms with van der Waals surface area (Å²) in [5.74, 6) is 0.0819. The number of halogens is 1. The molecule has 1 aromatic heterocycles. The average Bonchev–Trinajstić information content (AvgIpc) is 2.80. The van der Waals surface area contributed by atoms with Crippen molar-refractivity contribution in [3.05, 3.63) is 34.5 Å². The maximum atomic E-state index is 9.56. The lowest BCUT2D eigenvalue weighted by atomic mass is 10.2. The second-order valence-electron chi connectivity index (χ2n) is 3.47. The van der Waals surface area contributed by atoms with Gasteiger partial charge in [-0.25, -0.2) is 4.63 Å². The minimum atomic E-state index is -0.00322. The SMILES string of the molecule is NC(=N/[NH+]=C/c1cc(Cl)ccc1O)c1nonc1N. The van der Waals surface area contributed by atoms with Crippen molar-refractivity contribution in [2.24, 2.45) is 10.8 Å². The van der Waals surface area contributed by atoms with Gasteiger partial charge in [-0.2, -0.15) is 0 Å². The van der Waals surface area contributed by atoms with Crippen LogP contribution >= 0.6 is 11.6 Å². The maximum absolute atomic E-state index is 9.56. The summed E-state index contributed by atoms with van der Waals surface area (Å²) in [6, 6.07) is 4.58. The first-order valence-corrected chi connectivity index (χ1v) is 5.44. The van der Waals surface area contributed by atoms with Crippen molar-refractivity contribution in [2.45, 2.75) is 0 Å². The zero-order chi connectivity index (χ0) is 13.8. The summed E-state index contributed by atoms with van der Waals surface area (Å²) >= 11 is 5.79. The first-order valence-electron chi connectivity index (χ1n) is 5.06. The number of amidine groups is 1. The number of phenolic OH excluding ortho intramolecular Hbond substituents is 1. The number of benzene rings is 1. The van der Waals surface area contributed by atoms with Crippen molar-refractivity contribution in [1.82, 2.24) is 10.3 Å². The van der Waals surface area contributed by atoms with E-state index in [0.29, 0.717) is 10.6 Å². The van der Waals surface area contributed by atoms with Crippen LogP contribution in [0.1, 0.15) is 11.3 Å². The van der Waals surface area contributed by atoms with E-state index in [9.17, 15) is 5.11 Å². The number of hydrogen-bond donors (Lipinski definition) is 4. The summed E-state index contributed by atoms with van der Waals surface area (Å²) < 4.78 is 4.38. The molecule has 0 atom stereocenters. The van der Waals surface area contributed by atoms with Crippen LogP contribution in [0.5, 0.6) is 5.75 Å². The molecule has 6 N–H and O–H groups in total. The highest BCUT2D eigenvalue weighted by Gasteiger charge is 2.12. The van der Waals surface area contributed by atoms with Crippen molar-refractivity contribution in [2.75, 3.05) is 5.73 Å². The van der Waals surface area contributed by atoms with Crippen molar-refractivity contribution in [1.29, 1.82) is 0 Å². The van der Waals surface area contributed by atoms with E-state index in [-0.39, 0.29) is 23.1 Å². The van der Waals surface area contributed by atoms with Gasteiger partial charge in [0.05, 0.1) is 5.56 Å². The Morgan fingerprint density at radius 2 is 2.26 bits per heavy atom. The van der Waals surface area contributed by atoms with Crippen molar-refractivity contribution < 1.29 is 14.8 Å². The molecular formula is C10H10ClN6O2+. The van der Waals surface area contributed by atoms with Gasteiger partial charge in [0.2, 0.25) is 12.1 Å². The fourth-order valence-electron chi connectivity index (χ4n) is 1.24. The highest BCUT2D eigenvalue weighted by atomic mass is 35.5. The molecule has 19 heavy (non-hydrogen) atoms. The highest BCUT2D eigenvalue weighted by Crippen LogP contribution is 2.18. The van der Waals surface area contributed by atoms with Crippen LogP contribution in [-0.4, -0.2) is 27.5 Å². The highest BCUT2D eigenvalue weighted by molar-refractivity contribution is 6.30. The van der Waals surface area contributed by atoms with Crippen molar-refractivity contribution in [3.8, 4) is 5.75 Å². The van der Waals surface area contributed by atoms with E-state index in [0.717, 1.165) is 0 Å². The van der Waals surface area contributed by atoms with Crippen LogP contribution in [0.2, 0.25) is 5.02 Å². The topological polar surface area (TPSA) is 138 Å². The van der Waals surface area contributed by atoms with E-state index in [4.69, 9.17) is 23.1 Å². The molecule has 98 valence electrons. The molecule has 1 aromatic carbocycles. The van der Waals surface area contributed by atoms with Gasteiger partial charge in [0.25, 0.3) is 0 Å². The molecule has 0 fully saturated rings.